The first kappa shape index (κ1) is 20.7. The van der Waals surface area contributed by atoms with Crippen LogP contribution in [0.2, 0.25) is 0 Å². The van der Waals surface area contributed by atoms with Crippen LogP contribution in [0.1, 0.15) is 62.6 Å². The summed E-state index contributed by atoms with van der Waals surface area (Å²) in [4.78, 5) is 11.7. The lowest BCUT2D eigenvalue weighted by Gasteiger charge is -2.33. The van der Waals surface area contributed by atoms with Crippen molar-refractivity contribution in [3.05, 3.63) is 35.3 Å². The zero-order valence-corrected chi connectivity index (χ0v) is 18.9. The molecular formula is C22H31N9O. The number of nitrogens with one attached hydrogen (secondary N) is 4. The first-order valence-corrected chi connectivity index (χ1v) is 11.4. The standard InChI is InChI=1S/C22H31N9O/c1-13(2)17-8-16(32-30-17)11-24-22-26-19(25-20-9-18(28-29-20)15-4-5-15)10-21(27-22)31-7-6-23-14(3)12-31/h8-10,13-15,23H,4-7,11-12H2,1-3H3,(H3,24,25,26,27,28,29)/t14-/m1/s1. The number of H-pyrrole nitrogens is 1. The first-order chi connectivity index (χ1) is 15.5. The van der Waals surface area contributed by atoms with Gasteiger partial charge in [-0.2, -0.15) is 15.1 Å². The van der Waals surface area contributed by atoms with E-state index in [1.165, 1.54) is 18.5 Å². The maximum absolute atomic E-state index is 5.45. The van der Waals surface area contributed by atoms with Crippen molar-refractivity contribution in [1.82, 2.24) is 30.6 Å². The fourth-order valence-corrected chi connectivity index (χ4v) is 3.87. The molecular weight excluding hydrogens is 406 g/mol. The van der Waals surface area contributed by atoms with Crippen molar-refractivity contribution in [2.45, 2.75) is 58.0 Å². The smallest absolute Gasteiger partial charge is 0.227 e. The van der Waals surface area contributed by atoms with Gasteiger partial charge in [0.15, 0.2) is 11.6 Å². The van der Waals surface area contributed by atoms with Crippen LogP contribution in [-0.2, 0) is 6.54 Å². The quantitative estimate of drug-likeness (QED) is 0.420. The molecule has 1 aliphatic carbocycles. The highest BCUT2D eigenvalue weighted by atomic mass is 16.5. The molecule has 3 aromatic heterocycles. The zero-order chi connectivity index (χ0) is 22.1. The number of aromatic nitrogens is 5. The van der Waals surface area contributed by atoms with Crippen molar-refractivity contribution in [3.63, 3.8) is 0 Å². The monoisotopic (exact) mass is 437 g/mol. The zero-order valence-electron chi connectivity index (χ0n) is 18.9. The molecule has 1 atom stereocenters. The van der Waals surface area contributed by atoms with Crippen LogP contribution in [0.25, 0.3) is 0 Å². The summed E-state index contributed by atoms with van der Waals surface area (Å²) in [6.45, 7) is 9.56. The molecule has 0 radical (unpaired) electrons. The molecule has 10 nitrogen and oxygen atoms in total. The number of rotatable bonds is 8. The van der Waals surface area contributed by atoms with Crippen molar-refractivity contribution in [2.24, 2.45) is 0 Å². The molecule has 1 aliphatic heterocycles. The van der Waals surface area contributed by atoms with Gasteiger partial charge >= 0.3 is 0 Å². The molecule has 10 heteroatoms. The van der Waals surface area contributed by atoms with Gasteiger partial charge < -0.3 is 25.4 Å². The molecule has 170 valence electrons. The SMILES string of the molecule is CC(C)c1cc(CNc2nc(Nc3cc(C4CC4)[nH]n3)cc(N3CCN[C@H](C)C3)n2)on1. The lowest BCUT2D eigenvalue weighted by Crippen LogP contribution is -2.49. The molecule has 5 rings (SSSR count). The third kappa shape index (κ3) is 4.85. The average molecular weight is 438 g/mol. The topological polar surface area (TPSA) is 120 Å². The van der Waals surface area contributed by atoms with Gasteiger partial charge in [0.25, 0.3) is 0 Å². The molecule has 0 aromatic carbocycles. The fraction of sp³-hybridized carbons (Fsp3) is 0.545. The Morgan fingerprint density at radius 3 is 2.81 bits per heavy atom. The van der Waals surface area contributed by atoms with Gasteiger partial charge in [-0.05, 0) is 25.7 Å². The highest BCUT2D eigenvalue weighted by Crippen LogP contribution is 2.39. The van der Waals surface area contributed by atoms with Crippen molar-refractivity contribution in [1.29, 1.82) is 0 Å². The Labute approximate surface area is 187 Å². The summed E-state index contributed by atoms with van der Waals surface area (Å²) in [6, 6.07) is 6.44. The van der Waals surface area contributed by atoms with Crippen LogP contribution in [-0.4, -0.2) is 51.0 Å². The van der Waals surface area contributed by atoms with Gasteiger partial charge in [0.1, 0.15) is 11.6 Å². The van der Waals surface area contributed by atoms with Gasteiger partial charge in [0, 0.05) is 55.5 Å². The number of hydrogen-bond donors (Lipinski definition) is 4. The van der Waals surface area contributed by atoms with Crippen LogP contribution in [0.4, 0.5) is 23.4 Å². The Kier molecular flexibility index (Phi) is 5.69. The number of anilines is 4. The summed E-state index contributed by atoms with van der Waals surface area (Å²) in [5, 5.41) is 21.8. The third-order valence-corrected chi connectivity index (χ3v) is 5.87. The molecule has 4 N–H and O–H groups in total. The second kappa shape index (κ2) is 8.78. The number of hydrogen-bond acceptors (Lipinski definition) is 9. The minimum atomic E-state index is 0.326. The van der Waals surface area contributed by atoms with Gasteiger partial charge in [-0.15, -0.1) is 0 Å². The van der Waals surface area contributed by atoms with E-state index in [9.17, 15) is 0 Å². The van der Waals surface area contributed by atoms with E-state index in [0.717, 1.165) is 42.7 Å². The van der Waals surface area contributed by atoms with Gasteiger partial charge in [0.05, 0.1) is 12.2 Å². The molecule has 1 saturated heterocycles. The van der Waals surface area contributed by atoms with Gasteiger partial charge in [-0.1, -0.05) is 19.0 Å². The maximum Gasteiger partial charge on any atom is 0.227 e. The normalized spacial score (nSPS) is 18.9. The summed E-state index contributed by atoms with van der Waals surface area (Å²) in [5.74, 6) is 4.61. The Balaban J connectivity index is 1.36. The molecule has 32 heavy (non-hydrogen) atoms. The lowest BCUT2D eigenvalue weighted by atomic mass is 10.1. The Morgan fingerprint density at radius 1 is 1.19 bits per heavy atom. The van der Waals surface area contributed by atoms with E-state index in [2.05, 4.69) is 68.0 Å². The number of nitrogens with zero attached hydrogens (tertiary/aromatic N) is 5. The Bertz CT molecular complexity index is 1060. The third-order valence-electron chi connectivity index (χ3n) is 5.87. The molecule has 2 fully saturated rings. The molecule has 0 amide bonds. The summed E-state index contributed by atoms with van der Waals surface area (Å²) < 4.78 is 5.45. The van der Waals surface area contributed by atoms with Crippen LogP contribution in [0.15, 0.2) is 22.7 Å². The van der Waals surface area contributed by atoms with E-state index in [0.29, 0.717) is 36.2 Å². The molecule has 1 saturated carbocycles. The van der Waals surface area contributed by atoms with E-state index in [1.54, 1.807) is 0 Å². The van der Waals surface area contributed by atoms with E-state index in [1.807, 2.05) is 12.1 Å². The molecule has 0 bridgehead atoms. The Hall–Kier alpha value is -3.14. The van der Waals surface area contributed by atoms with Crippen LogP contribution in [0.5, 0.6) is 0 Å². The summed E-state index contributed by atoms with van der Waals surface area (Å²) >= 11 is 0. The molecule has 2 aliphatic rings. The average Bonchev–Trinajstić information content (AvgIpc) is 3.33. The van der Waals surface area contributed by atoms with Crippen molar-refractivity contribution in [3.8, 4) is 0 Å². The van der Waals surface area contributed by atoms with E-state index in [-0.39, 0.29) is 0 Å². The summed E-state index contributed by atoms with van der Waals surface area (Å²) in [6.07, 6.45) is 2.46. The van der Waals surface area contributed by atoms with Crippen LogP contribution in [0.3, 0.4) is 0 Å². The van der Waals surface area contributed by atoms with Crippen LogP contribution < -0.4 is 20.9 Å². The van der Waals surface area contributed by atoms with Crippen molar-refractivity contribution in [2.75, 3.05) is 35.2 Å². The Morgan fingerprint density at radius 2 is 2.06 bits per heavy atom. The first-order valence-electron chi connectivity index (χ1n) is 11.4. The second-order valence-corrected chi connectivity index (χ2v) is 9.07. The second-order valence-electron chi connectivity index (χ2n) is 9.07. The van der Waals surface area contributed by atoms with Gasteiger partial charge in [0.2, 0.25) is 5.95 Å². The molecule has 0 spiro atoms. The summed E-state index contributed by atoms with van der Waals surface area (Å²) in [7, 11) is 0. The van der Waals surface area contributed by atoms with Crippen molar-refractivity contribution < 1.29 is 4.52 Å². The van der Waals surface area contributed by atoms with E-state index >= 15 is 0 Å². The molecule has 0 unspecified atom stereocenters. The highest BCUT2D eigenvalue weighted by Gasteiger charge is 2.25. The van der Waals surface area contributed by atoms with Gasteiger partial charge in [-0.3, -0.25) is 5.10 Å². The lowest BCUT2D eigenvalue weighted by molar-refractivity contribution is 0.379. The largest absolute Gasteiger partial charge is 0.359 e. The summed E-state index contributed by atoms with van der Waals surface area (Å²) in [5.41, 5.74) is 2.13. The molecule has 4 heterocycles. The maximum atomic E-state index is 5.45. The van der Waals surface area contributed by atoms with Crippen LogP contribution in [0, 0.1) is 0 Å². The van der Waals surface area contributed by atoms with Gasteiger partial charge in [-0.25, -0.2) is 0 Å². The van der Waals surface area contributed by atoms with Crippen LogP contribution >= 0.6 is 0 Å². The fourth-order valence-electron chi connectivity index (χ4n) is 3.87. The number of aromatic amines is 1. The van der Waals surface area contributed by atoms with E-state index < -0.39 is 0 Å². The van der Waals surface area contributed by atoms with Crippen molar-refractivity contribution >= 4 is 23.4 Å². The minimum Gasteiger partial charge on any atom is -0.359 e. The predicted octanol–water partition coefficient (Wildman–Crippen LogP) is 3.34. The predicted molar refractivity (Wildman–Crippen MR) is 123 cm³/mol. The number of piperazine rings is 1. The molecule has 3 aromatic rings. The highest BCUT2D eigenvalue weighted by molar-refractivity contribution is 5.60. The van der Waals surface area contributed by atoms with E-state index in [4.69, 9.17) is 9.51 Å². The minimum absolute atomic E-state index is 0.326.